The molecule has 1 aliphatic heterocycles. The first kappa shape index (κ1) is 14.5. The Balaban J connectivity index is 1.49. The van der Waals surface area contributed by atoms with Gasteiger partial charge in [-0.2, -0.15) is 0 Å². The highest BCUT2D eigenvalue weighted by atomic mass is 16.7. The standard InChI is InChI=1S/C17H23NO3/c1-13-5-7-14(8-6-13)16(19)18-11-15-12-20-17(21-15)9-3-2-4-10-17/h5-8,15H,2-4,9-12H2,1H3,(H,18,19)/t15-/m0/s1. The molecule has 1 saturated carbocycles. The molecule has 0 aromatic heterocycles. The molecule has 0 bridgehead atoms. The fraction of sp³-hybridized carbons (Fsp3) is 0.588. The molecule has 2 fully saturated rings. The van der Waals surface area contributed by atoms with Gasteiger partial charge in [-0.25, -0.2) is 0 Å². The van der Waals surface area contributed by atoms with Crippen LogP contribution in [0.1, 0.15) is 48.0 Å². The largest absolute Gasteiger partial charge is 0.349 e. The van der Waals surface area contributed by atoms with Crippen LogP contribution in [0.15, 0.2) is 24.3 Å². The minimum absolute atomic E-state index is 0.0301. The second-order valence-corrected chi connectivity index (χ2v) is 6.10. The lowest BCUT2D eigenvalue weighted by Crippen LogP contribution is -2.37. The number of hydrogen-bond acceptors (Lipinski definition) is 3. The van der Waals surface area contributed by atoms with Gasteiger partial charge in [0.1, 0.15) is 6.10 Å². The summed E-state index contributed by atoms with van der Waals surface area (Å²) >= 11 is 0. The molecule has 1 N–H and O–H groups in total. The Morgan fingerprint density at radius 1 is 1.24 bits per heavy atom. The number of aryl methyl sites for hydroxylation is 1. The number of amides is 1. The summed E-state index contributed by atoms with van der Waals surface area (Å²) in [5.74, 6) is -0.416. The zero-order valence-electron chi connectivity index (χ0n) is 12.6. The van der Waals surface area contributed by atoms with Crippen molar-refractivity contribution in [3.05, 3.63) is 35.4 Å². The first-order chi connectivity index (χ1) is 10.2. The molecule has 1 atom stereocenters. The number of carbonyl (C=O) groups excluding carboxylic acids is 1. The molecule has 3 rings (SSSR count). The molecular formula is C17H23NO3. The monoisotopic (exact) mass is 289 g/mol. The summed E-state index contributed by atoms with van der Waals surface area (Å²) in [5, 5.41) is 2.94. The normalized spacial score (nSPS) is 24.1. The van der Waals surface area contributed by atoms with Crippen LogP contribution in [0.2, 0.25) is 0 Å². The van der Waals surface area contributed by atoms with Crippen LogP contribution in [-0.4, -0.2) is 30.9 Å². The molecule has 1 saturated heterocycles. The Kier molecular flexibility index (Phi) is 4.27. The van der Waals surface area contributed by atoms with E-state index in [2.05, 4.69) is 5.32 Å². The average Bonchev–Trinajstić information content (AvgIpc) is 2.89. The van der Waals surface area contributed by atoms with Crippen LogP contribution < -0.4 is 5.32 Å². The average molecular weight is 289 g/mol. The van der Waals surface area contributed by atoms with Gasteiger partial charge in [0, 0.05) is 24.9 Å². The number of benzene rings is 1. The Labute approximate surface area is 125 Å². The van der Waals surface area contributed by atoms with Crippen molar-refractivity contribution in [3.63, 3.8) is 0 Å². The van der Waals surface area contributed by atoms with Crippen molar-refractivity contribution in [1.29, 1.82) is 0 Å². The van der Waals surface area contributed by atoms with E-state index in [1.807, 2.05) is 31.2 Å². The van der Waals surface area contributed by atoms with Gasteiger partial charge < -0.3 is 14.8 Å². The van der Waals surface area contributed by atoms with Gasteiger partial charge in [-0.05, 0) is 31.9 Å². The number of nitrogens with one attached hydrogen (secondary N) is 1. The smallest absolute Gasteiger partial charge is 0.251 e. The second-order valence-electron chi connectivity index (χ2n) is 6.10. The van der Waals surface area contributed by atoms with Crippen LogP contribution in [0.4, 0.5) is 0 Å². The Morgan fingerprint density at radius 2 is 1.95 bits per heavy atom. The van der Waals surface area contributed by atoms with Crippen molar-refractivity contribution >= 4 is 5.91 Å². The third-order valence-corrected chi connectivity index (χ3v) is 4.33. The van der Waals surface area contributed by atoms with Gasteiger partial charge in [-0.3, -0.25) is 4.79 Å². The van der Waals surface area contributed by atoms with E-state index in [1.165, 1.54) is 19.3 Å². The van der Waals surface area contributed by atoms with Gasteiger partial charge in [0.15, 0.2) is 5.79 Å². The molecule has 1 heterocycles. The topological polar surface area (TPSA) is 47.6 Å². The number of hydrogen-bond donors (Lipinski definition) is 1. The van der Waals surface area contributed by atoms with Gasteiger partial charge in [0.2, 0.25) is 0 Å². The molecule has 4 nitrogen and oxygen atoms in total. The Hall–Kier alpha value is -1.39. The molecule has 1 aromatic carbocycles. The zero-order valence-corrected chi connectivity index (χ0v) is 12.6. The molecule has 1 spiro atoms. The van der Waals surface area contributed by atoms with Gasteiger partial charge in [0.05, 0.1) is 6.61 Å². The fourth-order valence-corrected chi connectivity index (χ4v) is 3.08. The molecule has 1 amide bonds. The number of rotatable bonds is 3. The maximum atomic E-state index is 12.1. The molecule has 21 heavy (non-hydrogen) atoms. The Morgan fingerprint density at radius 3 is 2.67 bits per heavy atom. The summed E-state index contributed by atoms with van der Waals surface area (Å²) in [6, 6.07) is 7.58. The molecule has 1 aliphatic carbocycles. The van der Waals surface area contributed by atoms with Crippen LogP contribution in [-0.2, 0) is 9.47 Å². The second kappa shape index (κ2) is 6.16. The molecule has 1 aromatic rings. The van der Waals surface area contributed by atoms with Gasteiger partial charge >= 0.3 is 0 Å². The van der Waals surface area contributed by atoms with E-state index < -0.39 is 0 Å². The third-order valence-electron chi connectivity index (χ3n) is 4.33. The van der Waals surface area contributed by atoms with Crippen LogP contribution >= 0.6 is 0 Å². The van der Waals surface area contributed by atoms with E-state index in [4.69, 9.17) is 9.47 Å². The van der Waals surface area contributed by atoms with E-state index >= 15 is 0 Å². The summed E-state index contributed by atoms with van der Waals surface area (Å²) in [6.45, 7) is 3.09. The molecule has 0 radical (unpaired) electrons. The predicted molar refractivity (Wildman–Crippen MR) is 80.2 cm³/mol. The van der Waals surface area contributed by atoms with Crippen LogP contribution in [0.3, 0.4) is 0 Å². The van der Waals surface area contributed by atoms with Gasteiger partial charge in [-0.15, -0.1) is 0 Å². The first-order valence-electron chi connectivity index (χ1n) is 7.84. The van der Waals surface area contributed by atoms with Crippen LogP contribution in [0, 0.1) is 6.92 Å². The molecular weight excluding hydrogens is 266 g/mol. The predicted octanol–water partition coefficient (Wildman–Crippen LogP) is 2.80. The summed E-state index contributed by atoms with van der Waals surface area (Å²) in [5.41, 5.74) is 1.84. The third kappa shape index (κ3) is 3.44. The quantitative estimate of drug-likeness (QED) is 0.931. The van der Waals surface area contributed by atoms with Crippen molar-refractivity contribution in [3.8, 4) is 0 Å². The lowest BCUT2D eigenvalue weighted by atomic mass is 9.94. The van der Waals surface area contributed by atoms with Crippen LogP contribution in [0.25, 0.3) is 0 Å². The van der Waals surface area contributed by atoms with E-state index in [0.29, 0.717) is 18.7 Å². The minimum atomic E-state index is -0.364. The minimum Gasteiger partial charge on any atom is -0.349 e. The maximum Gasteiger partial charge on any atom is 0.251 e. The molecule has 0 unspecified atom stereocenters. The van der Waals surface area contributed by atoms with E-state index in [0.717, 1.165) is 18.4 Å². The maximum absolute atomic E-state index is 12.1. The highest BCUT2D eigenvalue weighted by Crippen LogP contribution is 2.37. The van der Waals surface area contributed by atoms with Crippen molar-refractivity contribution in [2.45, 2.75) is 50.9 Å². The SMILES string of the molecule is Cc1ccc(C(=O)NC[C@H]2COC3(CCCCC3)O2)cc1. The fourth-order valence-electron chi connectivity index (χ4n) is 3.08. The highest BCUT2D eigenvalue weighted by Gasteiger charge is 2.42. The number of carbonyl (C=O) groups is 1. The zero-order chi connectivity index (χ0) is 14.7. The van der Waals surface area contributed by atoms with Gasteiger partial charge in [0.25, 0.3) is 5.91 Å². The summed E-state index contributed by atoms with van der Waals surface area (Å²) < 4.78 is 11.9. The summed E-state index contributed by atoms with van der Waals surface area (Å²) in [6.07, 6.45) is 5.54. The molecule has 4 heteroatoms. The first-order valence-corrected chi connectivity index (χ1v) is 7.84. The van der Waals surface area contributed by atoms with Crippen molar-refractivity contribution in [1.82, 2.24) is 5.32 Å². The highest BCUT2D eigenvalue weighted by molar-refractivity contribution is 5.94. The van der Waals surface area contributed by atoms with Crippen molar-refractivity contribution in [2.75, 3.05) is 13.2 Å². The van der Waals surface area contributed by atoms with Crippen LogP contribution in [0.5, 0.6) is 0 Å². The van der Waals surface area contributed by atoms with E-state index in [-0.39, 0.29) is 17.8 Å². The van der Waals surface area contributed by atoms with E-state index in [1.54, 1.807) is 0 Å². The van der Waals surface area contributed by atoms with E-state index in [9.17, 15) is 4.79 Å². The molecule has 2 aliphatic rings. The number of ether oxygens (including phenoxy) is 2. The van der Waals surface area contributed by atoms with Crippen molar-refractivity contribution < 1.29 is 14.3 Å². The summed E-state index contributed by atoms with van der Waals surface area (Å²) in [7, 11) is 0. The lowest BCUT2D eigenvalue weighted by molar-refractivity contribution is -0.186. The van der Waals surface area contributed by atoms with Gasteiger partial charge in [-0.1, -0.05) is 24.1 Å². The molecule has 114 valence electrons. The van der Waals surface area contributed by atoms with Crippen molar-refractivity contribution in [2.24, 2.45) is 0 Å². The lowest BCUT2D eigenvalue weighted by Gasteiger charge is -2.31. The Bertz CT molecular complexity index is 491. The summed E-state index contributed by atoms with van der Waals surface area (Å²) in [4.78, 5) is 12.1.